The number of fused-ring (bicyclic) bond motifs is 1. The number of rotatable bonds is 5. The maximum absolute atomic E-state index is 6.64. The van der Waals surface area contributed by atoms with Crippen molar-refractivity contribution >= 4 is 28.6 Å². The first-order valence-electron chi connectivity index (χ1n) is 8.64. The van der Waals surface area contributed by atoms with E-state index in [1.165, 1.54) is 11.4 Å². The van der Waals surface area contributed by atoms with Crippen LogP contribution in [0.1, 0.15) is 48.5 Å². The molecule has 1 radical (unpaired) electrons. The van der Waals surface area contributed by atoms with Gasteiger partial charge >= 0.3 is 147 Å². The average Bonchev–Trinajstić information content (AvgIpc) is 2.58. The van der Waals surface area contributed by atoms with Crippen LogP contribution in [0, 0.1) is 11.8 Å². The largest absolute Gasteiger partial charge is 0.813 e. The molecule has 1 heterocycles. The molecule has 0 aromatic heterocycles. The summed E-state index contributed by atoms with van der Waals surface area (Å²) in [6.45, 7) is 17.7. The monoisotopic (exact) mass is 410 g/mol. The van der Waals surface area contributed by atoms with E-state index in [-0.39, 0.29) is 19.1 Å². The molecule has 2 rings (SSSR count). The van der Waals surface area contributed by atoms with Crippen LogP contribution in [0.5, 0.6) is 0 Å². The maximum Gasteiger partial charge on any atom is -0.813 e. The summed E-state index contributed by atoms with van der Waals surface area (Å²) in [6, 6.07) is 0. The van der Waals surface area contributed by atoms with E-state index in [0.717, 1.165) is 13.1 Å². The molecule has 135 valence electrons. The van der Waals surface area contributed by atoms with Crippen LogP contribution in [-0.2, 0) is 17.3 Å². The molecule has 0 saturated carbocycles. The molecular formula is C19H32GeN2OS-. The van der Waals surface area contributed by atoms with Crippen molar-refractivity contribution in [3.63, 3.8) is 0 Å². The Balaban J connectivity index is 0.00000288. The fourth-order valence-corrected chi connectivity index (χ4v) is 8.72. The normalized spacial score (nSPS) is 17.9. The van der Waals surface area contributed by atoms with Crippen molar-refractivity contribution in [2.45, 2.75) is 54.1 Å². The molecule has 0 aromatic carbocycles. The van der Waals surface area contributed by atoms with Crippen LogP contribution in [0.2, 0.25) is 0 Å². The van der Waals surface area contributed by atoms with E-state index in [2.05, 4.69) is 80.1 Å². The van der Waals surface area contributed by atoms with Crippen LogP contribution in [0.3, 0.4) is 0 Å². The van der Waals surface area contributed by atoms with Crippen LogP contribution in [0.15, 0.2) is 41.4 Å². The van der Waals surface area contributed by atoms with Crippen molar-refractivity contribution in [1.29, 1.82) is 0 Å². The summed E-state index contributed by atoms with van der Waals surface area (Å²) in [6.07, 6.45) is 8.43. The zero-order valence-corrected chi connectivity index (χ0v) is 19.1. The summed E-state index contributed by atoms with van der Waals surface area (Å²) in [7, 11) is 0. The quantitative estimate of drug-likeness (QED) is 0.296. The summed E-state index contributed by atoms with van der Waals surface area (Å²) < 4.78 is 11.7. The Bertz CT molecular complexity index is 554. The van der Waals surface area contributed by atoms with Crippen molar-refractivity contribution in [2.24, 2.45) is 11.8 Å². The van der Waals surface area contributed by atoms with Crippen molar-refractivity contribution in [2.75, 3.05) is 13.1 Å². The summed E-state index contributed by atoms with van der Waals surface area (Å²) in [4.78, 5) is 0. The summed E-state index contributed by atoms with van der Waals surface area (Å²) in [5.74, 6) is 1.21. The van der Waals surface area contributed by atoms with Gasteiger partial charge in [-0.05, 0) is 0 Å². The predicted octanol–water partition coefficient (Wildman–Crippen LogP) is 3.94. The van der Waals surface area contributed by atoms with Crippen LogP contribution < -0.4 is 0 Å². The molecule has 1 fully saturated rings. The molecule has 0 N–H and O–H groups in total. The molecule has 1 aliphatic carbocycles. The van der Waals surface area contributed by atoms with E-state index in [1.54, 1.807) is 0 Å². The zero-order chi connectivity index (χ0) is 17.2. The van der Waals surface area contributed by atoms with Gasteiger partial charge in [-0.3, -0.25) is 0 Å². The molecule has 5 heteroatoms. The topological polar surface area (TPSA) is 15.7 Å². The third-order valence-electron chi connectivity index (χ3n) is 3.44. The van der Waals surface area contributed by atoms with Crippen molar-refractivity contribution < 1.29 is 3.76 Å². The Morgan fingerprint density at radius 2 is 1.62 bits per heavy atom. The molecule has 0 spiro atoms. The Kier molecular flexibility index (Phi) is 7.80. The fourth-order valence-electron chi connectivity index (χ4n) is 2.72. The first-order valence-corrected chi connectivity index (χ1v) is 11.4. The Hall–Kier alpha value is -0.547. The minimum absolute atomic E-state index is 0. The SMILES string of the molecule is CC(C)C[N]1C2=C=CC=CC=C2[N](CC(C)C)[Ge]1[O]C(C)(C)C.[SH-]. The van der Waals surface area contributed by atoms with E-state index in [1.807, 2.05) is 6.08 Å². The Morgan fingerprint density at radius 3 is 2.17 bits per heavy atom. The summed E-state index contributed by atoms with van der Waals surface area (Å²) >= 11 is -2.07. The number of hydrogen-bond acceptors (Lipinski definition) is 4. The number of hydrogen-bond donors (Lipinski definition) is 0. The van der Waals surface area contributed by atoms with Gasteiger partial charge in [0.15, 0.2) is 0 Å². The molecular weight excluding hydrogens is 377 g/mol. The Morgan fingerprint density at radius 1 is 1.04 bits per heavy atom. The third kappa shape index (κ3) is 5.48. The van der Waals surface area contributed by atoms with Gasteiger partial charge in [-0.15, -0.1) is 0 Å². The molecule has 24 heavy (non-hydrogen) atoms. The second-order valence-corrected chi connectivity index (χ2v) is 12.0. The molecule has 2 aliphatic rings. The van der Waals surface area contributed by atoms with Gasteiger partial charge < -0.3 is 13.5 Å². The summed E-state index contributed by atoms with van der Waals surface area (Å²) in [5.41, 5.74) is 5.90. The second-order valence-electron chi connectivity index (χ2n) is 8.10. The Labute approximate surface area is 160 Å². The molecule has 0 atom stereocenters. The predicted molar refractivity (Wildman–Crippen MR) is 107 cm³/mol. The van der Waals surface area contributed by atoms with Crippen LogP contribution in [0.25, 0.3) is 0 Å². The third-order valence-corrected chi connectivity index (χ3v) is 8.79. The molecule has 0 amide bonds. The smallest absolute Gasteiger partial charge is 0.813 e. The van der Waals surface area contributed by atoms with Gasteiger partial charge in [-0.2, -0.15) is 0 Å². The first kappa shape index (κ1) is 21.5. The first-order chi connectivity index (χ1) is 10.7. The molecule has 0 bridgehead atoms. The zero-order valence-electron chi connectivity index (χ0n) is 16.1. The van der Waals surface area contributed by atoms with E-state index < -0.39 is 15.1 Å². The van der Waals surface area contributed by atoms with Crippen molar-refractivity contribution in [1.82, 2.24) is 7.71 Å². The van der Waals surface area contributed by atoms with E-state index >= 15 is 0 Å². The maximum atomic E-state index is 6.64. The van der Waals surface area contributed by atoms with Gasteiger partial charge in [0.1, 0.15) is 0 Å². The second kappa shape index (κ2) is 8.71. The van der Waals surface area contributed by atoms with Crippen molar-refractivity contribution in [3.8, 4) is 0 Å². The van der Waals surface area contributed by atoms with Gasteiger partial charge in [-0.25, -0.2) is 0 Å². The van der Waals surface area contributed by atoms with Gasteiger partial charge in [-0.1, -0.05) is 0 Å². The van der Waals surface area contributed by atoms with Crippen LogP contribution >= 0.6 is 0 Å². The minimum Gasteiger partial charge on any atom is -0.813 e. The number of allylic oxidation sites excluding steroid dienone is 3. The standard InChI is InChI=1S/C19H31GeN2O.H2S/c1-15(2)13-21-17-11-9-8-10-12-18(17)22(14-16(3)4)20(21)23-19(5,6)7;/h8-11,15-16H,13-14H2,1-7H3;1H2/p-1. The average molecular weight is 409 g/mol. The molecule has 0 unspecified atom stereocenters. The van der Waals surface area contributed by atoms with E-state index in [9.17, 15) is 0 Å². The van der Waals surface area contributed by atoms with Gasteiger partial charge in [0, 0.05) is 0 Å². The van der Waals surface area contributed by atoms with Gasteiger partial charge in [0.25, 0.3) is 0 Å². The number of thiol groups is 1. The van der Waals surface area contributed by atoms with Crippen LogP contribution in [0.4, 0.5) is 0 Å². The minimum atomic E-state index is -2.07. The van der Waals surface area contributed by atoms with Gasteiger partial charge in [0.05, 0.1) is 0 Å². The van der Waals surface area contributed by atoms with Crippen molar-refractivity contribution in [3.05, 3.63) is 41.4 Å². The summed E-state index contributed by atoms with van der Waals surface area (Å²) in [5, 5.41) is 0. The van der Waals surface area contributed by atoms with Gasteiger partial charge in [0.2, 0.25) is 0 Å². The van der Waals surface area contributed by atoms with E-state index in [0.29, 0.717) is 11.8 Å². The number of nitrogens with zero attached hydrogens (tertiary/aromatic N) is 2. The van der Waals surface area contributed by atoms with Crippen LogP contribution in [-0.4, -0.2) is 41.5 Å². The molecule has 1 saturated heterocycles. The molecule has 0 aromatic rings. The fraction of sp³-hybridized carbons (Fsp3) is 0.632. The molecule has 1 aliphatic heterocycles. The molecule has 3 nitrogen and oxygen atoms in total. The van der Waals surface area contributed by atoms with E-state index in [4.69, 9.17) is 3.76 Å².